The largest absolute Gasteiger partial charge is 0.334 e. The SMILES string of the molecule is Cc1ccc(N2CN=c3sc(=Cc4ccc([N+](=O)[O-])cc4)c(=O)n3C2)cc1Cl. The van der Waals surface area contributed by atoms with Crippen LogP contribution in [-0.2, 0) is 6.67 Å². The first-order valence-electron chi connectivity index (χ1n) is 8.44. The van der Waals surface area contributed by atoms with Gasteiger partial charge in [-0.1, -0.05) is 29.0 Å². The quantitative estimate of drug-likeness (QED) is 0.487. The van der Waals surface area contributed by atoms with Crippen LogP contribution in [0.3, 0.4) is 0 Å². The summed E-state index contributed by atoms with van der Waals surface area (Å²) in [6.45, 7) is 2.77. The summed E-state index contributed by atoms with van der Waals surface area (Å²) in [6, 6.07) is 11.9. The van der Waals surface area contributed by atoms with Crippen LogP contribution in [0.1, 0.15) is 11.1 Å². The monoisotopic (exact) mass is 414 g/mol. The third-order valence-electron chi connectivity index (χ3n) is 4.50. The Kier molecular flexibility index (Phi) is 4.74. The lowest BCUT2D eigenvalue weighted by molar-refractivity contribution is -0.384. The third-order valence-corrected chi connectivity index (χ3v) is 5.95. The van der Waals surface area contributed by atoms with Gasteiger partial charge in [0, 0.05) is 22.8 Å². The van der Waals surface area contributed by atoms with Crippen molar-refractivity contribution in [3.05, 3.63) is 88.4 Å². The van der Waals surface area contributed by atoms with E-state index in [0.29, 0.717) is 27.7 Å². The molecule has 28 heavy (non-hydrogen) atoms. The molecule has 0 saturated carbocycles. The second-order valence-corrected chi connectivity index (χ2v) is 7.81. The van der Waals surface area contributed by atoms with E-state index in [-0.39, 0.29) is 11.2 Å². The Labute approximate surface area is 168 Å². The number of hydrogen-bond acceptors (Lipinski definition) is 6. The number of hydrogen-bond donors (Lipinski definition) is 0. The Balaban J connectivity index is 1.67. The Morgan fingerprint density at radius 3 is 2.68 bits per heavy atom. The number of rotatable bonds is 3. The van der Waals surface area contributed by atoms with E-state index in [1.54, 1.807) is 22.8 Å². The molecule has 0 aliphatic carbocycles. The Morgan fingerprint density at radius 1 is 1.25 bits per heavy atom. The second kappa shape index (κ2) is 7.21. The molecule has 3 aromatic rings. The first-order chi connectivity index (χ1) is 13.4. The molecule has 0 saturated heterocycles. The minimum atomic E-state index is -0.451. The van der Waals surface area contributed by atoms with Crippen molar-refractivity contribution in [3.63, 3.8) is 0 Å². The smallest absolute Gasteiger partial charge is 0.271 e. The van der Waals surface area contributed by atoms with Crippen LogP contribution in [-0.4, -0.2) is 16.2 Å². The molecule has 2 heterocycles. The minimum Gasteiger partial charge on any atom is -0.334 e. The summed E-state index contributed by atoms with van der Waals surface area (Å²) in [5.74, 6) is 0. The summed E-state index contributed by atoms with van der Waals surface area (Å²) < 4.78 is 2.16. The summed E-state index contributed by atoms with van der Waals surface area (Å²) >= 11 is 7.53. The summed E-state index contributed by atoms with van der Waals surface area (Å²) in [4.78, 5) is 30.3. The number of thiazole rings is 1. The number of fused-ring (bicyclic) bond motifs is 1. The van der Waals surface area contributed by atoms with Crippen LogP contribution in [0.4, 0.5) is 11.4 Å². The number of anilines is 1. The normalized spacial score (nSPS) is 13.9. The fourth-order valence-corrected chi connectivity index (χ4v) is 4.03. The van der Waals surface area contributed by atoms with Crippen LogP contribution in [0.2, 0.25) is 5.02 Å². The third kappa shape index (κ3) is 3.44. The van der Waals surface area contributed by atoms with Crippen molar-refractivity contribution in [2.45, 2.75) is 13.6 Å². The molecule has 0 atom stereocenters. The average molecular weight is 415 g/mol. The predicted molar refractivity (Wildman–Crippen MR) is 110 cm³/mol. The number of halogens is 1. The van der Waals surface area contributed by atoms with Gasteiger partial charge >= 0.3 is 0 Å². The minimum absolute atomic E-state index is 0.0155. The molecule has 0 spiro atoms. The van der Waals surface area contributed by atoms with Gasteiger partial charge in [0.05, 0.1) is 9.46 Å². The van der Waals surface area contributed by atoms with Gasteiger partial charge in [-0.05, 0) is 48.4 Å². The molecule has 9 heteroatoms. The highest BCUT2D eigenvalue weighted by Crippen LogP contribution is 2.23. The number of nitro benzene ring substituents is 1. The maximum atomic E-state index is 12.8. The van der Waals surface area contributed by atoms with Crippen molar-refractivity contribution in [1.82, 2.24) is 4.57 Å². The van der Waals surface area contributed by atoms with Crippen LogP contribution in [0, 0.1) is 17.0 Å². The standard InChI is InChI=1S/C19H15ClN4O3S/c1-12-2-5-15(9-16(12)20)22-10-21-19-23(11-22)18(25)17(28-19)8-13-3-6-14(7-4-13)24(26)27/h2-9H,10-11H2,1H3. The highest BCUT2D eigenvalue weighted by molar-refractivity contribution is 7.07. The van der Waals surface area contributed by atoms with Crippen LogP contribution in [0.15, 0.2) is 52.3 Å². The van der Waals surface area contributed by atoms with E-state index in [0.717, 1.165) is 16.8 Å². The molecule has 0 bridgehead atoms. The molecule has 0 fully saturated rings. The number of aryl methyl sites for hydroxylation is 1. The zero-order valence-corrected chi connectivity index (χ0v) is 16.4. The molecule has 1 aliphatic heterocycles. The average Bonchev–Trinajstić information content (AvgIpc) is 2.99. The van der Waals surface area contributed by atoms with Crippen molar-refractivity contribution >= 4 is 40.4 Å². The fraction of sp³-hybridized carbons (Fsp3) is 0.158. The lowest BCUT2D eigenvalue weighted by Crippen LogP contribution is -2.42. The van der Waals surface area contributed by atoms with E-state index in [2.05, 4.69) is 4.99 Å². The van der Waals surface area contributed by atoms with E-state index < -0.39 is 4.92 Å². The van der Waals surface area contributed by atoms with Crippen LogP contribution in [0.25, 0.3) is 6.08 Å². The van der Waals surface area contributed by atoms with Crippen molar-refractivity contribution in [3.8, 4) is 0 Å². The Bertz CT molecular complexity index is 1250. The molecule has 2 aromatic carbocycles. The summed E-state index contributed by atoms with van der Waals surface area (Å²) in [5, 5.41) is 11.4. The molecule has 4 rings (SSSR count). The lowest BCUT2D eigenvalue weighted by atomic mass is 10.2. The van der Waals surface area contributed by atoms with E-state index in [1.807, 2.05) is 30.0 Å². The fourth-order valence-electron chi connectivity index (χ4n) is 2.90. The maximum Gasteiger partial charge on any atom is 0.271 e. The number of nitro groups is 1. The van der Waals surface area contributed by atoms with E-state index >= 15 is 0 Å². The Morgan fingerprint density at radius 2 is 2.00 bits per heavy atom. The Hall–Kier alpha value is -2.97. The summed E-state index contributed by atoms with van der Waals surface area (Å²) in [7, 11) is 0. The predicted octanol–water partition coefficient (Wildman–Crippen LogP) is 2.66. The van der Waals surface area contributed by atoms with Crippen molar-refractivity contribution < 1.29 is 4.92 Å². The summed E-state index contributed by atoms with van der Waals surface area (Å²) in [5.41, 5.74) is 2.51. The van der Waals surface area contributed by atoms with Crippen LogP contribution < -0.4 is 19.8 Å². The number of non-ortho nitro benzene ring substituents is 1. The van der Waals surface area contributed by atoms with Gasteiger partial charge in [-0.3, -0.25) is 19.5 Å². The molecular weight excluding hydrogens is 400 g/mol. The maximum absolute atomic E-state index is 12.8. The van der Waals surface area contributed by atoms with Gasteiger partial charge in [0.25, 0.3) is 11.2 Å². The number of nitrogens with zero attached hydrogens (tertiary/aromatic N) is 4. The van der Waals surface area contributed by atoms with Crippen molar-refractivity contribution in [2.24, 2.45) is 4.99 Å². The highest BCUT2D eigenvalue weighted by Gasteiger charge is 2.16. The highest BCUT2D eigenvalue weighted by atomic mass is 35.5. The summed E-state index contributed by atoms with van der Waals surface area (Å²) in [6.07, 6.45) is 1.73. The molecule has 1 aliphatic rings. The topological polar surface area (TPSA) is 80.7 Å². The first kappa shape index (κ1) is 18.4. The lowest BCUT2D eigenvalue weighted by Gasteiger charge is -2.26. The van der Waals surface area contributed by atoms with Crippen molar-refractivity contribution in [2.75, 3.05) is 11.6 Å². The molecule has 142 valence electrons. The van der Waals surface area contributed by atoms with Gasteiger partial charge < -0.3 is 4.90 Å². The van der Waals surface area contributed by atoms with Gasteiger partial charge in [-0.25, -0.2) is 4.99 Å². The molecule has 0 radical (unpaired) electrons. The van der Waals surface area contributed by atoms with Gasteiger partial charge in [-0.15, -0.1) is 0 Å². The molecular formula is C19H15ClN4O3S. The van der Waals surface area contributed by atoms with E-state index in [1.165, 1.54) is 23.5 Å². The van der Waals surface area contributed by atoms with Crippen molar-refractivity contribution in [1.29, 1.82) is 0 Å². The first-order valence-corrected chi connectivity index (χ1v) is 9.63. The molecule has 1 aromatic heterocycles. The molecule has 0 amide bonds. The molecule has 7 nitrogen and oxygen atoms in total. The van der Waals surface area contributed by atoms with E-state index in [9.17, 15) is 14.9 Å². The van der Waals surface area contributed by atoms with Gasteiger partial charge in [-0.2, -0.15) is 0 Å². The molecule has 0 N–H and O–H groups in total. The van der Waals surface area contributed by atoms with Gasteiger partial charge in [0.1, 0.15) is 13.3 Å². The zero-order valence-electron chi connectivity index (χ0n) is 14.8. The van der Waals surface area contributed by atoms with Crippen LogP contribution >= 0.6 is 22.9 Å². The zero-order chi connectivity index (χ0) is 19.8. The van der Waals surface area contributed by atoms with Gasteiger partial charge in [0.2, 0.25) is 0 Å². The van der Waals surface area contributed by atoms with Gasteiger partial charge in [0.15, 0.2) is 4.80 Å². The molecule has 0 unspecified atom stereocenters. The number of benzene rings is 2. The second-order valence-electron chi connectivity index (χ2n) is 6.39. The van der Waals surface area contributed by atoms with E-state index in [4.69, 9.17) is 11.6 Å². The number of aromatic nitrogens is 1. The van der Waals surface area contributed by atoms with Crippen LogP contribution in [0.5, 0.6) is 0 Å².